The van der Waals surface area contributed by atoms with Gasteiger partial charge in [0.15, 0.2) is 0 Å². The number of aliphatic hydroxyl groups excluding tert-OH is 1. The molecular formula is C14H20ClNO2. The number of aryl methyl sites for hydroxylation is 1. The monoisotopic (exact) mass is 269 g/mol. The molecule has 1 aromatic rings. The molecule has 1 N–H and O–H groups in total. The van der Waals surface area contributed by atoms with Crippen molar-refractivity contribution >= 4 is 11.6 Å². The Morgan fingerprint density at radius 2 is 2.33 bits per heavy atom. The molecule has 1 aliphatic heterocycles. The summed E-state index contributed by atoms with van der Waals surface area (Å²) in [4.78, 5) is 2.17. The molecule has 0 aliphatic carbocycles. The molecule has 1 saturated heterocycles. The minimum absolute atomic E-state index is 0.124. The molecule has 1 fully saturated rings. The van der Waals surface area contributed by atoms with Crippen molar-refractivity contribution < 1.29 is 9.84 Å². The number of aliphatic hydroxyl groups is 1. The van der Waals surface area contributed by atoms with E-state index in [1.807, 2.05) is 32.2 Å². The Hall–Kier alpha value is -0.610. The average molecular weight is 270 g/mol. The number of benzene rings is 1. The van der Waals surface area contributed by atoms with Crippen LogP contribution >= 0.6 is 11.6 Å². The summed E-state index contributed by atoms with van der Waals surface area (Å²) in [6.07, 6.45) is -0.0912. The third-order valence-electron chi connectivity index (χ3n) is 3.36. The van der Waals surface area contributed by atoms with Crippen LogP contribution in [0.2, 0.25) is 5.02 Å². The predicted molar refractivity (Wildman–Crippen MR) is 73.1 cm³/mol. The summed E-state index contributed by atoms with van der Waals surface area (Å²) in [5, 5.41) is 10.9. The van der Waals surface area contributed by atoms with E-state index < -0.39 is 6.10 Å². The first-order valence-corrected chi connectivity index (χ1v) is 6.67. The van der Waals surface area contributed by atoms with E-state index in [9.17, 15) is 5.11 Å². The topological polar surface area (TPSA) is 32.7 Å². The number of rotatable bonds is 3. The van der Waals surface area contributed by atoms with E-state index in [0.29, 0.717) is 13.0 Å². The Kier molecular flexibility index (Phi) is 4.62. The molecule has 18 heavy (non-hydrogen) atoms. The highest BCUT2D eigenvalue weighted by Gasteiger charge is 2.25. The summed E-state index contributed by atoms with van der Waals surface area (Å²) in [6, 6.07) is 5.92. The lowest BCUT2D eigenvalue weighted by molar-refractivity contribution is -0.0823. The maximum atomic E-state index is 10.2. The molecule has 4 heteroatoms. The molecule has 3 nitrogen and oxygen atoms in total. The first kappa shape index (κ1) is 13.8. The lowest BCUT2D eigenvalue weighted by atomic mass is 10.0. The summed E-state index contributed by atoms with van der Waals surface area (Å²) in [5.41, 5.74) is 2.11. The number of hydrogen-bond donors (Lipinski definition) is 1. The van der Waals surface area contributed by atoms with E-state index in [2.05, 4.69) is 4.90 Å². The summed E-state index contributed by atoms with van der Waals surface area (Å²) < 4.78 is 5.61. The lowest BCUT2D eigenvalue weighted by Gasteiger charge is -2.33. The van der Waals surface area contributed by atoms with Crippen molar-refractivity contribution in [2.45, 2.75) is 25.6 Å². The molecule has 1 aromatic carbocycles. The Morgan fingerprint density at radius 1 is 1.56 bits per heavy atom. The second-order valence-corrected chi connectivity index (χ2v) is 5.45. The van der Waals surface area contributed by atoms with E-state index in [4.69, 9.17) is 16.3 Å². The number of halogens is 1. The van der Waals surface area contributed by atoms with E-state index >= 15 is 0 Å². The van der Waals surface area contributed by atoms with Gasteiger partial charge in [0, 0.05) is 24.5 Å². The highest BCUT2D eigenvalue weighted by molar-refractivity contribution is 6.31. The van der Waals surface area contributed by atoms with Gasteiger partial charge in [0.25, 0.3) is 0 Å². The number of nitrogens with zero attached hydrogens (tertiary/aromatic N) is 1. The van der Waals surface area contributed by atoms with Gasteiger partial charge in [-0.2, -0.15) is 0 Å². The Bertz CT molecular complexity index is 411. The minimum atomic E-state index is -0.507. The van der Waals surface area contributed by atoms with Crippen LogP contribution in [0, 0.1) is 6.92 Å². The Morgan fingerprint density at radius 3 is 3.00 bits per heavy atom. The standard InChI is InChI=1S/C14H20ClNO2/c1-10-3-4-11(12(15)7-10)8-13(17)14-9-16(2)5-6-18-14/h3-4,7,13-14,17H,5-6,8-9H2,1-2H3. The molecular weight excluding hydrogens is 250 g/mol. The van der Waals surface area contributed by atoms with Gasteiger partial charge in [-0.05, 0) is 31.2 Å². The SMILES string of the molecule is Cc1ccc(CC(O)C2CN(C)CCO2)c(Cl)c1. The van der Waals surface area contributed by atoms with Crippen LogP contribution in [-0.2, 0) is 11.2 Å². The molecule has 1 heterocycles. The van der Waals surface area contributed by atoms with Crippen LogP contribution < -0.4 is 0 Å². The third kappa shape index (κ3) is 3.45. The summed E-state index contributed by atoms with van der Waals surface area (Å²) >= 11 is 6.18. The van der Waals surface area contributed by atoms with Crippen molar-refractivity contribution in [2.75, 3.05) is 26.7 Å². The first-order chi connectivity index (χ1) is 8.56. The largest absolute Gasteiger partial charge is 0.390 e. The van der Waals surface area contributed by atoms with Gasteiger partial charge in [-0.3, -0.25) is 0 Å². The summed E-state index contributed by atoms with van der Waals surface area (Å²) in [7, 11) is 2.04. The van der Waals surface area contributed by atoms with Crippen LogP contribution in [-0.4, -0.2) is 49.0 Å². The number of ether oxygens (including phenoxy) is 1. The number of likely N-dealkylation sites (N-methyl/N-ethyl adjacent to an activating group) is 1. The Balaban J connectivity index is 1.99. The fraction of sp³-hybridized carbons (Fsp3) is 0.571. The predicted octanol–water partition coefficient (Wildman–Crippen LogP) is 1.88. The molecule has 1 aliphatic rings. The van der Waals surface area contributed by atoms with E-state index in [0.717, 1.165) is 29.2 Å². The summed E-state index contributed by atoms with van der Waals surface area (Å²) in [5.74, 6) is 0. The molecule has 2 rings (SSSR count). The van der Waals surface area contributed by atoms with E-state index in [1.54, 1.807) is 0 Å². The van der Waals surface area contributed by atoms with Gasteiger partial charge in [-0.15, -0.1) is 0 Å². The smallest absolute Gasteiger partial charge is 0.0964 e. The van der Waals surface area contributed by atoms with Crippen molar-refractivity contribution in [3.63, 3.8) is 0 Å². The molecule has 0 saturated carbocycles. The highest BCUT2D eigenvalue weighted by atomic mass is 35.5. The number of hydrogen-bond acceptors (Lipinski definition) is 3. The first-order valence-electron chi connectivity index (χ1n) is 6.29. The molecule has 100 valence electrons. The van der Waals surface area contributed by atoms with Gasteiger partial charge in [0.2, 0.25) is 0 Å². The van der Waals surface area contributed by atoms with Crippen molar-refractivity contribution in [1.29, 1.82) is 0 Å². The van der Waals surface area contributed by atoms with Crippen LogP contribution in [0.1, 0.15) is 11.1 Å². The van der Waals surface area contributed by atoms with E-state index in [-0.39, 0.29) is 6.10 Å². The molecule has 2 atom stereocenters. The van der Waals surface area contributed by atoms with Crippen molar-refractivity contribution in [1.82, 2.24) is 4.90 Å². The molecule has 0 spiro atoms. The normalized spacial score (nSPS) is 23.0. The van der Waals surface area contributed by atoms with Crippen molar-refractivity contribution in [2.24, 2.45) is 0 Å². The third-order valence-corrected chi connectivity index (χ3v) is 3.72. The van der Waals surface area contributed by atoms with Gasteiger partial charge in [0.05, 0.1) is 18.8 Å². The fourth-order valence-corrected chi connectivity index (χ4v) is 2.53. The van der Waals surface area contributed by atoms with Gasteiger partial charge in [-0.25, -0.2) is 0 Å². The van der Waals surface area contributed by atoms with Crippen LogP contribution in [0.25, 0.3) is 0 Å². The van der Waals surface area contributed by atoms with Crippen LogP contribution in [0.5, 0.6) is 0 Å². The molecule has 0 bridgehead atoms. The zero-order valence-electron chi connectivity index (χ0n) is 10.9. The second-order valence-electron chi connectivity index (χ2n) is 5.04. The molecule has 0 aromatic heterocycles. The van der Waals surface area contributed by atoms with Crippen molar-refractivity contribution in [3.8, 4) is 0 Å². The van der Waals surface area contributed by atoms with Crippen molar-refractivity contribution in [3.05, 3.63) is 34.3 Å². The zero-order chi connectivity index (χ0) is 13.1. The maximum absolute atomic E-state index is 10.2. The van der Waals surface area contributed by atoms with E-state index in [1.165, 1.54) is 0 Å². The molecule has 2 unspecified atom stereocenters. The molecule has 0 radical (unpaired) electrons. The highest BCUT2D eigenvalue weighted by Crippen LogP contribution is 2.21. The fourth-order valence-electron chi connectivity index (χ4n) is 2.22. The average Bonchev–Trinajstić information content (AvgIpc) is 2.32. The quantitative estimate of drug-likeness (QED) is 0.910. The minimum Gasteiger partial charge on any atom is -0.390 e. The van der Waals surface area contributed by atoms with Gasteiger partial charge in [0.1, 0.15) is 0 Å². The van der Waals surface area contributed by atoms with Crippen LogP contribution in [0.3, 0.4) is 0 Å². The molecule has 0 amide bonds. The summed E-state index contributed by atoms with van der Waals surface area (Å²) in [6.45, 7) is 4.38. The van der Waals surface area contributed by atoms with Gasteiger partial charge < -0.3 is 14.7 Å². The maximum Gasteiger partial charge on any atom is 0.0964 e. The Labute approximate surface area is 113 Å². The lowest BCUT2D eigenvalue weighted by Crippen LogP contribution is -2.46. The van der Waals surface area contributed by atoms with Gasteiger partial charge in [-0.1, -0.05) is 23.7 Å². The number of morpholine rings is 1. The second kappa shape index (κ2) is 6.02. The van der Waals surface area contributed by atoms with Gasteiger partial charge >= 0.3 is 0 Å². The zero-order valence-corrected chi connectivity index (χ0v) is 11.7. The van der Waals surface area contributed by atoms with Crippen LogP contribution in [0.4, 0.5) is 0 Å². The van der Waals surface area contributed by atoms with Crippen LogP contribution in [0.15, 0.2) is 18.2 Å².